The lowest BCUT2D eigenvalue weighted by atomic mass is 9.98. The van der Waals surface area contributed by atoms with E-state index in [0.29, 0.717) is 79.0 Å². The number of anilines is 1. The Kier molecular flexibility index (Phi) is 13.0. The molecular weight excluding hydrogens is 878 g/mol. The lowest BCUT2D eigenvalue weighted by Crippen LogP contribution is -2.43. The van der Waals surface area contributed by atoms with Crippen LogP contribution in [0.1, 0.15) is 74.0 Å². The highest BCUT2D eigenvalue weighted by atomic mass is 35.5. The molecule has 3 aromatic heterocycles. The monoisotopic (exact) mass is 933 g/mol. The Morgan fingerprint density at radius 1 is 0.892 bits per heavy atom. The van der Waals surface area contributed by atoms with E-state index in [1.54, 1.807) is 22.6 Å². The van der Waals surface area contributed by atoms with E-state index in [4.69, 9.17) is 42.5 Å². The van der Waals surface area contributed by atoms with E-state index in [9.17, 15) is 9.90 Å². The van der Waals surface area contributed by atoms with E-state index in [-0.39, 0.29) is 17.6 Å². The molecular formula is C51H57Cl2N5O6Si. The van der Waals surface area contributed by atoms with Crippen LogP contribution in [-0.4, -0.2) is 63.7 Å². The van der Waals surface area contributed by atoms with Crippen LogP contribution in [0.3, 0.4) is 0 Å². The standard InChI is InChI=1S/C51H57Cl2N5O6Si/c1-30-22-37(23-31(2)46(30)53)63-19-13-16-39-40-17-18-41(52)45(44-33(4)54-57(34(44)5)29-62-20-21-65(7,8)9)48(40)58-32(3)27-56(50(59)49(39)58)42-26-38(64-28-35-14-11-10-12-15-35)24-36-25-43(51(60)61)55(6)47(36)42/h10-12,14-15,17-18,22-26,32H,13,16,19-21,27-29H2,1-9H3,(H,60,61). The number of hydrogen-bond acceptors (Lipinski definition) is 6. The van der Waals surface area contributed by atoms with Crippen LogP contribution >= 0.6 is 23.2 Å². The molecule has 340 valence electrons. The minimum atomic E-state index is -1.28. The third-order valence-corrected chi connectivity index (χ3v) is 15.1. The number of aryl methyl sites for hydroxylation is 5. The normalized spacial score (nSPS) is 14.2. The smallest absolute Gasteiger partial charge is 0.352 e. The zero-order chi connectivity index (χ0) is 46.5. The van der Waals surface area contributed by atoms with Crippen LogP contribution in [0, 0.1) is 27.7 Å². The number of aromatic carboxylic acids is 1. The van der Waals surface area contributed by atoms with Gasteiger partial charge in [-0.25, -0.2) is 9.48 Å². The number of hydrogen-bond donors (Lipinski definition) is 1. The van der Waals surface area contributed by atoms with Gasteiger partial charge in [0, 0.05) is 73.0 Å². The van der Waals surface area contributed by atoms with Crippen molar-refractivity contribution >= 4 is 70.6 Å². The van der Waals surface area contributed by atoms with E-state index in [1.165, 1.54) is 0 Å². The molecule has 7 aromatic rings. The zero-order valence-electron chi connectivity index (χ0n) is 38.6. The maximum absolute atomic E-state index is 15.6. The van der Waals surface area contributed by atoms with E-state index < -0.39 is 14.0 Å². The quantitative estimate of drug-likeness (QED) is 0.0758. The molecule has 0 spiro atoms. The average Bonchev–Trinajstić information content (AvgIpc) is 3.88. The topological polar surface area (TPSA) is 113 Å². The first-order valence-corrected chi connectivity index (χ1v) is 26.6. The highest BCUT2D eigenvalue weighted by molar-refractivity contribution is 6.76. The predicted molar refractivity (Wildman–Crippen MR) is 264 cm³/mol. The number of carbonyl (C=O) groups is 2. The van der Waals surface area contributed by atoms with Crippen LogP contribution in [0.25, 0.3) is 32.9 Å². The lowest BCUT2D eigenvalue weighted by molar-refractivity contribution is 0.0686. The fourth-order valence-corrected chi connectivity index (χ4v) is 10.3. The van der Waals surface area contributed by atoms with Crippen molar-refractivity contribution < 1.29 is 28.9 Å². The summed E-state index contributed by atoms with van der Waals surface area (Å²) in [4.78, 5) is 29.9. The van der Waals surface area contributed by atoms with Gasteiger partial charge in [0.05, 0.1) is 34.0 Å². The second kappa shape index (κ2) is 18.4. The number of aromatic nitrogens is 4. The van der Waals surface area contributed by atoms with Crippen molar-refractivity contribution in [3.63, 3.8) is 0 Å². The summed E-state index contributed by atoms with van der Waals surface area (Å²) in [5.41, 5.74) is 9.95. The number of benzene rings is 4. The van der Waals surface area contributed by atoms with Gasteiger partial charge in [-0.2, -0.15) is 5.10 Å². The van der Waals surface area contributed by atoms with Gasteiger partial charge >= 0.3 is 5.97 Å². The predicted octanol–water partition coefficient (Wildman–Crippen LogP) is 12.4. The van der Waals surface area contributed by atoms with Gasteiger partial charge in [0.2, 0.25) is 0 Å². The molecule has 1 aliphatic rings. The molecule has 1 N–H and O–H groups in total. The van der Waals surface area contributed by atoms with Gasteiger partial charge in [0.15, 0.2) is 0 Å². The van der Waals surface area contributed by atoms with E-state index in [1.807, 2.05) is 99.1 Å². The zero-order valence-corrected chi connectivity index (χ0v) is 41.2. The van der Waals surface area contributed by atoms with Crippen molar-refractivity contribution in [1.29, 1.82) is 0 Å². The second-order valence-electron chi connectivity index (χ2n) is 18.5. The summed E-state index contributed by atoms with van der Waals surface area (Å²) in [5.74, 6) is -0.00489. The highest BCUT2D eigenvalue weighted by Gasteiger charge is 2.38. The van der Waals surface area contributed by atoms with Gasteiger partial charge in [-0.15, -0.1) is 0 Å². The molecule has 1 aliphatic heterocycles. The van der Waals surface area contributed by atoms with Crippen molar-refractivity contribution in [3.05, 3.63) is 128 Å². The molecule has 8 rings (SSSR count). The minimum absolute atomic E-state index is 0.104. The lowest BCUT2D eigenvalue weighted by Gasteiger charge is -2.35. The number of amides is 1. The molecule has 4 heterocycles. The fraction of sp³-hybridized carbons (Fsp3) is 0.353. The van der Waals surface area contributed by atoms with Gasteiger partial charge in [-0.3, -0.25) is 4.79 Å². The maximum Gasteiger partial charge on any atom is 0.352 e. The van der Waals surface area contributed by atoms with Gasteiger partial charge in [-0.1, -0.05) is 79.2 Å². The first-order chi connectivity index (χ1) is 30.9. The molecule has 0 saturated carbocycles. The Morgan fingerprint density at radius 3 is 2.29 bits per heavy atom. The van der Waals surface area contributed by atoms with E-state index in [0.717, 1.165) is 72.5 Å². The highest BCUT2D eigenvalue weighted by Crippen LogP contribution is 2.46. The summed E-state index contributed by atoms with van der Waals surface area (Å²) in [6.45, 7) is 19.1. The Hall–Kier alpha value is -5.53. The largest absolute Gasteiger partial charge is 0.494 e. The van der Waals surface area contributed by atoms with Crippen LogP contribution < -0.4 is 14.4 Å². The summed E-state index contributed by atoms with van der Waals surface area (Å²) in [6, 6.07) is 23.8. The van der Waals surface area contributed by atoms with Crippen molar-refractivity contribution in [2.45, 2.75) is 92.5 Å². The first-order valence-electron chi connectivity index (χ1n) is 22.2. The molecule has 0 aliphatic carbocycles. The average molecular weight is 935 g/mol. The number of ether oxygens (including phenoxy) is 3. The number of nitrogens with zero attached hydrogens (tertiary/aromatic N) is 5. The second-order valence-corrected chi connectivity index (χ2v) is 25.0. The molecule has 0 saturated heterocycles. The number of rotatable bonds is 16. The summed E-state index contributed by atoms with van der Waals surface area (Å²) in [5, 5.41) is 18.1. The summed E-state index contributed by atoms with van der Waals surface area (Å²) >= 11 is 13.8. The van der Waals surface area contributed by atoms with Gasteiger partial charge in [0.1, 0.15) is 36.2 Å². The maximum atomic E-state index is 15.6. The fourth-order valence-electron chi connectivity index (χ4n) is 9.20. The molecule has 1 unspecified atom stereocenters. The van der Waals surface area contributed by atoms with Crippen molar-refractivity contribution in [3.8, 4) is 22.6 Å². The molecule has 0 bridgehead atoms. The molecule has 1 atom stereocenters. The molecule has 0 radical (unpaired) electrons. The van der Waals surface area contributed by atoms with Crippen molar-refractivity contribution in [2.24, 2.45) is 7.05 Å². The third-order valence-electron chi connectivity index (χ3n) is 12.5. The van der Waals surface area contributed by atoms with E-state index >= 15 is 4.79 Å². The van der Waals surface area contributed by atoms with Crippen LogP contribution in [-0.2, 0) is 31.5 Å². The Bertz CT molecular complexity index is 2940. The molecule has 65 heavy (non-hydrogen) atoms. The van der Waals surface area contributed by atoms with Crippen molar-refractivity contribution in [2.75, 3.05) is 24.7 Å². The summed E-state index contributed by atoms with van der Waals surface area (Å²) < 4.78 is 24.6. The SMILES string of the molecule is Cc1cc(OCCCc2c3n(c4c(-c5c(C)nn(COCC[Si](C)(C)C)c5C)c(Cl)ccc24)C(C)CN(c2cc(OCc4ccccc4)cc4cc(C(=O)O)n(C)c24)C3=O)cc(C)c1Cl. The number of halogens is 2. The van der Waals surface area contributed by atoms with Gasteiger partial charge in [0.25, 0.3) is 5.91 Å². The summed E-state index contributed by atoms with van der Waals surface area (Å²) in [6.07, 6.45) is 1.15. The van der Waals surface area contributed by atoms with Crippen LogP contribution in [0.15, 0.2) is 72.8 Å². The molecule has 11 nitrogen and oxygen atoms in total. The Labute approximate surface area is 391 Å². The number of fused-ring (bicyclic) bond motifs is 4. The Morgan fingerprint density at radius 2 is 1.60 bits per heavy atom. The molecule has 0 fully saturated rings. The van der Waals surface area contributed by atoms with Gasteiger partial charge in [-0.05, 0) is 106 Å². The van der Waals surface area contributed by atoms with E-state index in [2.05, 4.69) is 31.1 Å². The van der Waals surface area contributed by atoms with Crippen LogP contribution in [0.4, 0.5) is 5.69 Å². The number of carbonyl (C=O) groups excluding carboxylic acids is 1. The third kappa shape index (κ3) is 9.06. The van der Waals surface area contributed by atoms with Crippen molar-refractivity contribution in [1.82, 2.24) is 18.9 Å². The minimum Gasteiger partial charge on any atom is -0.494 e. The number of carboxylic acids is 1. The number of carboxylic acid groups (broad SMARTS) is 1. The van der Waals surface area contributed by atoms with Gasteiger partial charge < -0.3 is 33.4 Å². The van der Waals surface area contributed by atoms with Crippen LogP contribution in [0.5, 0.6) is 11.5 Å². The Balaban J connectivity index is 1.25. The van der Waals surface area contributed by atoms with Crippen LogP contribution in [0.2, 0.25) is 35.7 Å². The molecule has 4 aromatic carbocycles. The molecule has 1 amide bonds. The first kappa shape index (κ1) is 46.0. The molecule has 14 heteroatoms. The summed E-state index contributed by atoms with van der Waals surface area (Å²) in [7, 11) is 0.440.